The summed E-state index contributed by atoms with van der Waals surface area (Å²) < 4.78 is 2.43. The van der Waals surface area contributed by atoms with Gasteiger partial charge in [-0.15, -0.1) is 13.2 Å². The van der Waals surface area contributed by atoms with Crippen molar-refractivity contribution >= 4 is 38.9 Å². The molecule has 44 heavy (non-hydrogen) atoms. The quantitative estimate of drug-likeness (QED) is 0.169. The molecule has 1 aliphatic carbocycles. The van der Waals surface area contributed by atoms with Gasteiger partial charge < -0.3 is 14.8 Å². The molecule has 6 rings (SSSR count). The largest absolute Gasteiger partial charge is 0.388 e. The summed E-state index contributed by atoms with van der Waals surface area (Å²) in [5, 5.41) is 15.1. The van der Waals surface area contributed by atoms with Crippen LogP contribution in [0.5, 0.6) is 0 Å². The monoisotopic (exact) mass is 574 g/mol. The average Bonchev–Trinajstić information content (AvgIpc) is 3.39. The number of para-hydroxylation sites is 1. The maximum absolute atomic E-state index is 9.45. The molecule has 0 bridgehead atoms. The van der Waals surface area contributed by atoms with Gasteiger partial charge in [-0.2, -0.15) is 5.26 Å². The summed E-state index contributed by atoms with van der Waals surface area (Å²) in [4.78, 5) is 2.28. The zero-order valence-electron chi connectivity index (χ0n) is 25.4. The van der Waals surface area contributed by atoms with E-state index in [0.717, 1.165) is 35.6 Å². The molecule has 0 amide bonds. The number of likely N-dealkylation sites (N-methyl/N-ethyl adjacent to an activating group) is 1. The van der Waals surface area contributed by atoms with Crippen molar-refractivity contribution in [2.45, 2.75) is 31.7 Å². The highest BCUT2D eigenvalue weighted by molar-refractivity contribution is 6.09. The Labute approximate surface area is 260 Å². The molecule has 0 aliphatic heterocycles. The topological polar surface area (TPSA) is 44.0 Å². The second kappa shape index (κ2) is 12.5. The van der Waals surface area contributed by atoms with Crippen LogP contribution in [0.25, 0.3) is 21.8 Å². The predicted molar refractivity (Wildman–Crippen MR) is 186 cm³/mol. The standard InChI is InChI=1S/C40H38N4/c1-5-9-28(3)38(6-2)44-39-11-8-7-10-36(39)37-26-35(24-25-40(37)44)43(33-20-12-29(27-41)13-21-33)34-22-16-31(17-23-34)30-14-18-32(42-4)19-15-30/h5-8,10-14,16-26,28,30,38,42H,1-2,9,15H2,3-4H3/t28-,30?,38?/m0/s1. The first kappa shape index (κ1) is 28.8. The number of rotatable bonds is 10. The minimum atomic E-state index is 0.135. The Morgan fingerprint density at radius 2 is 1.61 bits per heavy atom. The molecule has 1 aromatic heterocycles. The lowest BCUT2D eigenvalue weighted by Crippen LogP contribution is -2.14. The van der Waals surface area contributed by atoms with Crippen LogP contribution in [0.1, 0.15) is 42.9 Å². The number of anilines is 3. The van der Waals surface area contributed by atoms with Gasteiger partial charge in [-0.1, -0.05) is 61.6 Å². The third kappa shape index (κ3) is 5.34. The van der Waals surface area contributed by atoms with E-state index in [9.17, 15) is 5.26 Å². The second-order valence-corrected chi connectivity index (χ2v) is 11.5. The Bertz CT molecular complexity index is 1920. The van der Waals surface area contributed by atoms with Gasteiger partial charge in [0.1, 0.15) is 0 Å². The number of hydrogen-bond acceptors (Lipinski definition) is 3. The van der Waals surface area contributed by atoms with E-state index in [1.165, 1.54) is 27.4 Å². The lowest BCUT2D eigenvalue weighted by Gasteiger charge is -2.27. The zero-order chi connectivity index (χ0) is 30.6. The first-order valence-corrected chi connectivity index (χ1v) is 15.3. The average molecular weight is 575 g/mol. The number of nitriles is 1. The summed E-state index contributed by atoms with van der Waals surface area (Å²) in [6.45, 7) is 10.5. The third-order valence-corrected chi connectivity index (χ3v) is 8.84. The molecule has 1 aliphatic rings. The highest BCUT2D eigenvalue weighted by atomic mass is 15.1. The van der Waals surface area contributed by atoms with Crippen LogP contribution in [-0.4, -0.2) is 11.6 Å². The fourth-order valence-corrected chi connectivity index (χ4v) is 6.50. The van der Waals surface area contributed by atoms with Crippen molar-refractivity contribution in [2.24, 2.45) is 5.92 Å². The van der Waals surface area contributed by atoms with Gasteiger partial charge in [0.05, 0.1) is 17.7 Å². The van der Waals surface area contributed by atoms with Crippen molar-refractivity contribution in [1.29, 1.82) is 5.26 Å². The van der Waals surface area contributed by atoms with Crippen LogP contribution in [0, 0.1) is 17.2 Å². The van der Waals surface area contributed by atoms with Crippen LogP contribution in [0.2, 0.25) is 0 Å². The van der Waals surface area contributed by atoms with Gasteiger partial charge in [0.25, 0.3) is 0 Å². The van der Waals surface area contributed by atoms with Gasteiger partial charge in [0.15, 0.2) is 0 Å². The van der Waals surface area contributed by atoms with E-state index < -0.39 is 0 Å². The second-order valence-electron chi connectivity index (χ2n) is 11.5. The van der Waals surface area contributed by atoms with Crippen LogP contribution in [0.4, 0.5) is 17.1 Å². The van der Waals surface area contributed by atoms with Crippen LogP contribution in [-0.2, 0) is 0 Å². The molecule has 2 unspecified atom stereocenters. The van der Waals surface area contributed by atoms with Crippen molar-refractivity contribution in [3.05, 3.63) is 151 Å². The van der Waals surface area contributed by atoms with E-state index in [4.69, 9.17) is 0 Å². The Kier molecular flexibility index (Phi) is 8.21. The summed E-state index contributed by atoms with van der Waals surface area (Å²) in [6, 6.07) is 34.5. The molecular weight excluding hydrogens is 536 g/mol. The zero-order valence-corrected chi connectivity index (χ0v) is 25.4. The number of hydrogen-bond donors (Lipinski definition) is 1. The normalized spacial score (nSPS) is 15.8. The van der Waals surface area contributed by atoms with Crippen molar-refractivity contribution in [1.82, 2.24) is 9.88 Å². The molecule has 4 nitrogen and oxygen atoms in total. The summed E-state index contributed by atoms with van der Waals surface area (Å²) in [5.74, 6) is 0.713. The van der Waals surface area contributed by atoms with Gasteiger partial charge in [-0.05, 0) is 91.1 Å². The highest BCUT2D eigenvalue weighted by Crippen LogP contribution is 2.41. The number of nitrogens with zero attached hydrogens (tertiary/aromatic N) is 3. The van der Waals surface area contributed by atoms with Gasteiger partial charge in [-0.25, -0.2) is 0 Å². The first-order valence-electron chi connectivity index (χ1n) is 15.3. The van der Waals surface area contributed by atoms with E-state index in [0.29, 0.717) is 17.4 Å². The molecule has 0 spiro atoms. The lowest BCUT2D eigenvalue weighted by atomic mass is 9.91. The molecule has 1 N–H and O–H groups in total. The Hall–Kier alpha value is -5.27. The minimum Gasteiger partial charge on any atom is -0.388 e. The molecule has 3 atom stereocenters. The fraction of sp³-hybridized carbons (Fsp3) is 0.175. The maximum atomic E-state index is 9.45. The van der Waals surface area contributed by atoms with E-state index in [-0.39, 0.29) is 6.04 Å². The fourth-order valence-electron chi connectivity index (χ4n) is 6.50. The lowest BCUT2D eigenvalue weighted by molar-refractivity contribution is 0.440. The molecule has 4 aromatic carbocycles. The van der Waals surface area contributed by atoms with Crippen LogP contribution in [0.15, 0.2) is 140 Å². The van der Waals surface area contributed by atoms with Gasteiger partial charge in [-0.3, -0.25) is 0 Å². The molecule has 218 valence electrons. The molecule has 1 heterocycles. The molecule has 4 heteroatoms. The van der Waals surface area contributed by atoms with Gasteiger partial charge in [0.2, 0.25) is 0 Å². The van der Waals surface area contributed by atoms with Crippen LogP contribution in [0.3, 0.4) is 0 Å². The number of nitrogens with one attached hydrogen (secondary N) is 1. The summed E-state index contributed by atoms with van der Waals surface area (Å²) in [6.07, 6.45) is 12.6. The smallest absolute Gasteiger partial charge is 0.0991 e. The predicted octanol–water partition coefficient (Wildman–Crippen LogP) is 10.2. The van der Waals surface area contributed by atoms with Crippen molar-refractivity contribution in [3.8, 4) is 6.07 Å². The Morgan fingerprint density at radius 3 is 2.25 bits per heavy atom. The van der Waals surface area contributed by atoms with Crippen molar-refractivity contribution in [2.75, 3.05) is 11.9 Å². The highest BCUT2D eigenvalue weighted by Gasteiger charge is 2.22. The van der Waals surface area contributed by atoms with E-state index >= 15 is 0 Å². The maximum Gasteiger partial charge on any atom is 0.0991 e. The molecule has 0 radical (unpaired) electrons. The van der Waals surface area contributed by atoms with E-state index in [2.05, 4.69) is 132 Å². The van der Waals surface area contributed by atoms with Crippen LogP contribution >= 0.6 is 0 Å². The SMILES string of the molecule is C=CC[C@H](C)C(C=C)n1c2ccccc2c2cc(N(c3ccc(C#N)cc3)c3ccc(C4C=CC(NC)=CC4)cc3)ccc21. The molecule has 0 saturated heterocycles. The number of allylic oxidation sites excluding steroid dienone is 5. The number of aromatic nitrogens is 1. The van der Waals surface area contributed by atoms with Crippen molar-refractivity contribution < 1.29 is 0 Å². The molecule has 0 fully saturated rings. The Morgan fingerprint density at radius 1 is 0.932 bits per heavy atom. The summed E-state index contributed by atoms with van der Waals surface area (Å²) >= 11 is 0. The molecule has 0 saturated carbocycles. The number of benzene rings is 4. The van der Waals surface area contributed by atoms with Gasteiger partial charge >= 0.3 is 0 Å². The third-order valence-electron chi connectivity index (χ3n) is 8.84. The molecule has 5 aromatic rings. The first-order chi connectivity index (χ1) is 21.6. The summed E-state index contributed by atoms with van der Waals surface area (Å²) in [7, 11) is 1.96. The molecular formula is C40H38N4. The summed E-state index contributed by atoms with van der Waals surface area (Å²) in [5.41, 5.74) is 8.61. The van der Waals surface area contributed by atoms with E-state index in [1.807, 2.05) is 37.4 Å². The van der Waals surface area contributed by atoms with E-state index in [1.54, 1.807) is 0 Å². The van der Waals surface area contributed by atoms with Crippen molar-refractivity contribution in [3.63, 3.8) is 0 Å². The Balaban J connectivity index is 1.47. The van der Waals surface area contributed by atoms with Crippen LogP contribution < -0.4 is 10.2 Å². The number of fused-ring (bicyclic) bond motifs is 3. The minimum absolute atomic E-state index is 0.135. The van der Waals surface area contributed by atoms with Gasteiger partial charge in [0, 0.05) is 57.5 Å².